The average molecular weight is 629 g/mol. The van der Waals surface area contributed by atoms with Crippen molar-refractivity contribution < 1.29 is 34.0 Å². The molecule has 0 aliphatic carbocycles. The molecule has 230 valence electrons. The lowest BCUT2D eigenvalue weighted by Gasteiger charge is -2.26. The molecule has 12 nitrogen and oxygen atoms in total. The summed E-state index contributed by atoms with van der Waals surface area (Å²) in [5.41, 5.74) is 7.20. The molecule has 1 aliphatic rings. The monoisotopic (exact) mass is 628 g/mol. The van der Waals surface area contributed by atoms with Crippen molar-refractivity contribution in [3.63, 3.8) is 0 Å². The normalized spacial score (nSPS) is 14.4. The van der Waals surface area contributed by atoms with E-state index in [1.165, 1.54) is 46.6 Å². The molecule has 0 radical (unpaired) electrons. The van der Waals surface area contributed by atoms with Gasteiger partial charge < -0.3 is 40.2 Å². The van der Waals surface area contributed by atoms with Gasteiger partial charge in [0.05, 0.1) is 61.8 Å². The molecule has 2 heterocycles. The Hall–Kier alpha value is -5.87. The Morgan fingerprint density at radius 3 is 2.27 bits per heavy atom. The molecular formula is C32H28N4O8S. The van der Waals surface area contributed by atoms with E-state index >= 15 is 0 Å². The van der Waals surface area contributed by atoms with Gasteiger partial charge in [-0.05, 0) is 53.6 Å². The first kappa shape index (κ1) is 30.6. The van der Waals surface area contributed by atoms with Gasteiger partial charge >= 0.3 is 0 Å². The molecule has 1 atom stereocenters. The van der Waals surface area contributed by atoms with Gasteiger partial charge in [-0.1, -0.05) is 12.1 Å². The molecule has 0 saturated heterocycles. The number of aromatic hydroxyl groups is 2. The second-order valence-corrected chi connectivity index (χ2v) is 10.7. The van der Waals surface area contributed by atoms with Gasteiger partial charge in [0.25, 0.3) is 11.5 Å². The van der Waals surface area contributed by atoms with Crippen LogP contribution in [0.15, 0.2) is 65.0 Å². The number of ether oxygens (including phenoxy) is 4. The number of rotatable bonds is 8. The topological polar surface area (TPSA) is 178 Å². The number of phenols is 2. The van der Waals surface area contributed by atoms with Crippen molar-refractivity contribution >= 4 is 40.4 Å². The number of thiazole rings is 1. The quantitative estimate of drug-likeness (QED) is 0.227. The summed E-state index contributed by atoms with van der Waals surface area (Å²) in [5, 5.41) is 33.5. The zero-order chi connectivity index (χ0) is 32.4. The summed E-state index contributed by atoms with van der Waals surface area (Å²) in [7, 11) is 5.72. The molecule has 3 aromatic carbocycles. The largest absolute Gasteiger partial charge is 0.504 e. The van der Waals surface area contributed by atoms with Gasteiger partial charge in [-0.3, -0.25) is 14.2 Å². The van der Waals surface area contributed by atoms with E-state index in [9.17, 15) is 25.1 Å². The minimum Gasteiger partial charge on any atom is -0.504 e. The highest BCUT2D eigenvalue weighted by Crippen LogP contribution is 2.40. The number of carbonyl (C=O) groups is 1. The fourth-order valence-corrected chi connectivity index (χ4v) is 6.18. The first-order valence-corrected chi connectivity index (χ1v) is 14.1. The number of phenolic OH excluding ortho intramolecular Hbond substituents is 2. The molecule has 0 spiro atoms. The number of nitriles is 1. The fraction of sp³-hybridized carbons (Fsp3) is 0.156. The third-order valence-corrected chi connectivity index (χ3v) is 8.32. The highest BCUT2D eigenvalue weighted by molar-refractivity contribution is 7.07. The first-order chi connectivity index (χ1) is 21.6. The molecule has 5 N–H and O–H groups in total. The molecule has 13 heteroatoms. The van der Waals surface area contributed by atoms with Crippen LogP contribution in [0, 0.1) is 11.3 Å². The van der Waals surface area contributed by atoms with Crippen LogP contribution in [0.25, 0.3) is 17.5 Å². The fourth-order valence-electron chi connectivity index (χ4n) is 5.00. The van der Waals surface area contributed by atoms with Crippen molar-refractivity contribution in [2.24, 2.45) is 5.73 Å². The molecule has 0 saturated carbocycles. The zero-order valence-electron chi connectivity index (χ0n) is 24.6. The third-order valence-electron chi connectivity index (χ3n) is 7.21. The van der Waals surface area contributed by atoms with E-state index < -0.39 is 17.4 Å². The molecule has 0 bridgehead atoms. The summed E-state index contributed by atoms with van der Waals surface area (Å²) in [6.07, 6.45) is 1.57. The molecule has 1 aromatic heterocycles. The molecule has 1 unspecified atom stereocenters. The van der Waals surface area contributed by atoms with Crippen molar-refractivity contribution in [3.8, 4) is 40.6 Å². The van der Waals surface area contributed by atoms with Gasteiger partial charge in [0.2, 0.25) is 0 Å². The van der Waals surface area contributed by atoms with Gasteiger partial charge in [0, 0.05) is 6.07 Å². The predicted molar refractivity (Wildman–Crippen MR) is 168 cm³/mol. The van der Waals surface area contributed by atoms with Crippen LogP contribution in [-0.4, -0.2) is 49.1 Å². The maximum Gasteiger partial charge on any atom is 0.274 e. The van der Waals surface area contributed by atoms with Crippen LogP contribution in [0.1, 0.15) is 17.0 Å². The van der Waals surface area contributed by atoms with Gasteiger partial charge in [0.1, 0.15) is 22.0 Å². The number of nitrogens with two attached hydrogens (primary N) is 1. The molecule has 1 aliphatic heterocycles. The minimum absolute atomic E-state index is 0.0522. The van der Waals surface area contributed by atoms with E-state index in [4.69, 9.17) is 24.7 Å². The summed E-state index contributed by atoms with van der Waals surface area (Å²) >= 11 is 1.00. The summed E-state index contributed by atoms with van der Waals surface area (Å²) < 4.78 is 22.7. The molecule has 1 amide bonds. The second kappa shape index (κ2) is 12.4. The first-order valence-electron chi connectivity index (χ1n) is 13.3. The molecule has 5 rings (SSSR count). The maximum absolute atomic E-state index is 14.3. The van der Waals surface area contributed by atoms with E-state index in [0.717, 1.165) is 15.9 Å². The van der Waals surface area contributed by atoms with Gasteiger partial charge in [-0.15, -0.1) is 11.3 Å². The third kappa shape index (κ3) is 5.50. The van der Waals surface area contributed by atoms with Crippen LogP contribution in [-0.2, 0) is 4.79 Å². The number of hydrogen-bond acceptors (Lipinski definition) is 11. The number of nitrogens with one attached hydrogen (secondary N) is 1. The lowest BCUT2D eigenvalue weighted by Crippen LogP contribution is -2.40. The highest BCUT2D eigenvalue weighted by atomic mass is 32.1. The van der Waals surface area contributed by atoms with E-state index in [0.29, 0.717) is 28.3 Å². The number of aromatic nitrogens is 1. The number of amides is 1. The Morgan fingerprint density at radius 1 is 0.956 bits per heavy atom. The Bertz CT molecular complexity index is 2090. The van der Waals surface area contributed by atoms with Crippen LogP contribution in [0.4, 0.5) is 5.69 Å². The van der Waals surface area contributed by atoms with Crippen molar-refractivity contribution in [1.82, 2.24) is 4.57 Å². The number of nitrogens with zero attached hydrogens (tertiary/aromatic N) is 2. The second-order valence-electron chi connectivity index (χ2n) is 9.70. The Kier molecular flexibility index (Phi) is 8.42. The average Bonchev–Trinajstić information content (AvgIpc) is 3.37. The van der Waals surface area contributed by atoms with Crippen LogP contribution in [0.2, 0.25) is 0 Å². The number of methoxy groups -OCH3 is 4. The number of benzene rings is 3. The van der Waals surface area contributed by atoms with E-state index in [-0.39, 0.29) is 49.2 Å². The minimum atomic E-state index is -1.05. The molecular weight excluding hydrogens is 600 g/mol. The molecule has 45 heavy (non-hydrogen) atoms. The Labute approximate surface area is 260 Å². The Morgan fingerprint density at radius 2 is 1.62 bits per heavy atom. The predicted octanol–water partition coefficient (Wildman–Crippen LogP) is 2.42. The molecule has 4 aromatic rings. The summed E-state index contributed by atoms with van der Waals surface area (Å²) in [6.45, 7) is 0. The summed E-state index contributed by atoms with van der Waals surface area (Å²) in [6, 6.07) is 15.9. The lowest BCUT2D eigenvalue weighted by atomic mass is 9.83. The van der Waals surface area contributed by atoms with E-state index in [2.05, 4.69) is 11.4 Å². The van der Waals surface area contributed by atoms with Gasteiger partial charge in [-0.25, -0.2) is 0 Å². The van der Waals surface area contributed by atoms with Gasteiger partial charge in [0.15, 0.2) is 23.0 Å². The number of hydrogen-bond donors (Lipinski definition) is 4. The molecule has 0 fully saturated rings. The maximum atomic E-state index is 14.3. The van der Waals surface area contributed by atoms with E-state index in [1.54, 1.807) is 42.5 Å². The SMILES string of the molecule is COc1ccc(NC(=O)C2=c3s/c(=C\c4ccc(O)c(OC)c4)c(=O)n3C(N)=C(C#N)C2c2ccc(O)c(OC)c2)c(OC)c1. The standard InChI is InChI=1S/C32H28N4O8S/c1-41-18-7-8-20(23(14-18)42-2)35-30(39)28-27(17-6-10-22(38)25(13-17)44-4)19(15-33)29(34)36-31(40)26(45-32(28)36)12-16-5-9-21(37)24(11-16)43-3/h5-14,27,37-38H,34H2,1-4H3,(H,35,39)/b26-12-. The highest BCUT2D eigenvalue weighted by Gasteiger charge is 2.36. The number of fused-ring (bicyclic) bond motifs is 1. The number of carbonyl (C=O) groups excluding carboxylic acids is 1. The van der Waals surface area contributed by atoms with Crippen molar-refractivity contribution in [3.05, 3.63) is 90.8 Å². The smallest absolute Gasteiger partial charge is 0.274 e. The van der Waals surface area contributed by atoms with Crippen LogP contribution in [0.5, 0.6) is 34.5 Å². The lowest BCUT2D eigenvalue weighted by molar-refractivity contribution is -0.111. The van der Waals surface area contributed by atoms with Crippen molar-refractivity contribution in [1.29, 1.82) is 5.26 Å². The number of allylic oxidation sites excluding steroid dienone is 1. The zero-order valence-corrected chi connectivity index (χ0v) is 25.4. The van der Waals surface area contributed by atoms with Gasteiger partial charge in [-0.2, -0.15) is 5.26 Å². The van der Waals surface area contributed by atoms with Crippen LogP contribution < -0.4 is 44.8 Å². The van der Waals surface area contributed by atoms with Crippen LogP contribution >= 0.6 is 11.3 Å². The number of anilines is 1. The Balaban J connectivity index is 1.81. The summed E-state index contributed by atoms with van der Waals surface area (Å²) in [4.78, 5) is 28.1. The van der Waals surface area contributed by atoms with Crippen LogP contribution in [0.3, 0.4) is 0 Å². The van der Waals surface area contributed by atoms with E-state index in [1.807, 2.05) is 0 Å². The van der Waals surface area contributed by atoms with Crippen molar-refractivity contribution in [2.75, 3.05) is 33.8 Å². The van der Waals surface area contributed by atoms with Crippen molar-refractivity contribution in [2.45, 2.75) is 5.92 Å². The summed E-state index contributed by atoms with van der Waals surface area (Å²) in [5.74, 6) is -0.903.